The van der Waals surface area contributed by atoms with Crippen LogP contribution in [-0.2, 0) is 41.6 Å². The Morgan fingerprint density at radius 1 is 0.867 bits per heavy atom. The van der Waals surface area contributed by atoms with Gasteiger partial charge >= 0.3 is 11.9 Å². The molecule has 0 aliphatic rings. The number of nitrogens with zero attached hydrogens (tertiary/aromatic N) is 1. The molecular weight excluding hydrogens is 610 g/mol. The fraction of sp³-hybridized carbons (Fsp3) is 0.464. The number of aromatic nitrogens is 2. The average Bonchev–Trinajstić information content (AvgIpc) is 3.51. The molecule has 1 aromatic carbocycles. The molecule has 16 nitrogen and oxygen atoms in total. The largest absolute Gasteiger partial charge is 0.508 e. The molecule has 0 fully saturated rings. The maximum absolute atomic E-state index is 13.3. The summed E-state index contributed by atoms with van der Waals surface area (Å²) in [4.78, 5) is 81.4. The third-order valence-corrected chi connectivity index (χ3v) is 7.25. The molecule has 10 N–H and O–H groups in total. The van der Waals surface area contributed by atoms with E-state index >= 15 is 0 Å². The van der Waals surface area contributed by atoms with Gasteiger partial charge in [0, 0.05) is 31.2 Å². The van der Waals surface area contributed by atoms with Crippen molar-refractivity contribution in [2.45, 2.75) is 69.2 Å². The van der Waals surface area contributed by atoms with Crippen molar-refractivity contribution in [3.05, 3.63) is 48.0 Å². The molecule has 45 heavy (non-hydrogen) atoms. The number of aromatic hydroxyl groups is 1. The number of nitrogens with two attached hydrogens (primary N) is 1. The van der Waals surface area contributed by atoms with Crippen LogP contribution in [0.3, 0.4) is 0 Å². The number of H-pyrrole nitrogens is 1. The summed E-state index contributed by atoms with van der Waals surface area (Å²) in [5, 5.41) is 38.1. The van der Waals surface area contributed by atoms with E-state index in [0.29, 0.717) is 17.0 Å². The smallest absolute Gasteiger partial charge is 0.326 e. The zero-order valence-corrected chi connectivity index (χ0v) is 25.6. The number of nitrogens with one attached hydrogen (secondary N) is 5. The first kappa shape index (κ1) is 36.6. The lowest BCUT2D eigenvalue weighted by Gasteiger charge is -2.25. The first-order chi connectivity index (χ1) is 21.3. The number of benzene rings is 1. The van der Waals surface area contributed by atoms with Gasteiger partial charge < -0.3 is 47.3 Å². The first-order valence-electron chi connectivity index (χ1n) is 14.0. The lowest BCUT2D eigenvalue weighted by Crippen LogP contribution is -2.58. The Labute approximate surface area is 263 Å². The van der Waals surface area contributed by atoms with Crippen LogP contribution in [0, 0.1) is 0 Å². The Balaban J connectivity index is 2.12. The van der Waals surface area contributed by atoms with Gasteiger partial charge in [-0.2, -0.15) is 11.8 Å². The second kappa shape index (κ2) is 18.2. The molecule has 246 valence electrons. The van der Waals surface area contributed by atoms with E-state index in [2.05, 4.69) is 31.2 Å². The number of carbonyl (C=O) groups is 6. The molecule has 2 aromatic rings. The number of aliphatic carboxylic acids is 2. The third-order valence-electron chi connectivity index (χ3n) is 6.60. The van der Waals surface area contributed by atoms with Crippen LogP contribution < -0.4 is 27.0 Å². The second-order valence-corrected chi connectivity index (χ2v) is 11.2. The number of carboxylic acids is 2. The number of hydrogen-bond donors (Lipinski definition) is 9. The van der Waals surface area contributed by atoms with Gasteiger partial charge in [-0.1, -0.05) is 12.1 Å². The summed E-state index contributed by atoms with van der Waals surface area (Å²) in [6.07, 6.45) is 4.13. The molecule has 5 atom stereocenters. The second-order valence-electron chi connectivity index (χ2n) is 10.2. The number of imidazole rings is 1. The SMILES string of the molecule is CSCC[C@H](NC(=O)[C@H](C)NC(=O)[C@H](Cc1ccc(O)cc1)NC(=O)[C@@H](N)CCC(=O)O)C(=O)N[C@@H](Cc1cnc[nH]1)C(=O)O. The van der Waals surface area contributed by atoms with Crippen molar-refractivity contribution in [1.82, 2.24) is 31.2 Å². The van der Waals surface area contributed by atoms with E-state index in [0.717, 1.165) is 0 Å². The van der Waals surface area contributed by atoms with Gasteiger partial charge in [0.25, 0.3) is 0 Å². The number of thioether (sulfide) groups is 1. The van der Waals surface area contributed by atoms with Crippen LogP contribution in [0.2, 0.25) is 0 Å². The number of amides is 4. The van der Waals surface area contributed by atoms with Gasteiger partial charge in [-0.15, -0.1) is 0 Å². The molecule has 0 spiro atoms. The topological polar surface area (TPSA) is 266 Å². The molecule has 0 aliphatic carbocycles. The van der Waals surface area contributed by atoms with E-state index in [-0.39, 0.29) is 37.9 Å². The molecule has 0 radical (unpaired) electrons. The maximum atomic E-state index is 13.3. The molecule has 0 unspecified atom stereocenters. The fourth-order valence-corrected chi connectivity index (χ4v) is 4.51. The highest BCUT2D eigenvalue weighted by Gasteiger charge is 2.30. The summed E-state index contributed by atoms with van der Waals surface area (Å²) < 4.78 is 0. The summed E-state index contributed by atoms with van der Waals surface area (Å²) in [7, 11) is 0. The van der Waals surface area contributed by atoms with E-state index in [4.69, 9.17) is 10.8 Å². The van der Waals surface area contributed by atoms with Crippen LogP contribution in [0.5, 0.6) is 5.75 Å². The minimum absolute atomic E-state index is 0.0131. The number of carbonyl (C=O) groups excluding carboxylic acids is 4. The minimum Gasteiger partial charge on any atom is -0.508 e. The van der Waals surface area contributed by atoms with Crippen LogP contribution in [0.4, 0.5) is 0 Å². The standard InChI is InChI=1S/C28H39N7O9S/c1-15(24(39)33-20(9-10-45-2)26(41)35-22(28(43)44)12-17-13-30-14-31-17)32-27(42)21(11-16-3-5-18(36)6-4-16)34-25(40)19(29)7-8-23(37)38/h3-6,13-15,19-22,36H,7-12,29H2,1-2H3,(H,30,31)(H,32,42)(H,33,39)(H,34,40)(H,35,41)(H,37,38)(H,43,44)/t15-,19-,20-,21-,22-/m0/s1. The highest BCUT2D eigenvalue weighted by molar-refractivity contribution is 7.98. The van der Waals surface area contributed by atoms with Gasteiger partial charge in [-0.25, -0.2) is 9.78 Å². The van der Waals surface area contributed by atoms with E-state index in [1.54, 1.807) is 6.26 Å². The van der Waals surface area contributed by atoms with Crippen molar-refractivity contribution in [1.29, 1.82) is 0 Å². The number of phenolic OH excluding ortho intramolecular Hbond substituents is 1. The van der Waals surface area contributed by atoms with Crippen LogP contribution in [0.25, 0.3) is 0 Å². The first-order valence-corrected chi connectivity index (χ1v) is 15.4. The quantitative estimate of drug-likeness (QED) is 0.0877. The van der Waals surface area contributed by atoms with E-state index in [1.807, 2.05) is 0 Å². The summed E-state index contributed by atoms with van der Waals surface area (Å²) in [5.41, 5.74) is 6.85. The van der Waals surface area contributed by atoms with E-state index < -0.39 is 65.8 Å². The Hall–Kier alpha value is -4.64. The highest BCUT2D eigenvalue weighted by Crippen LogP contribution is 2.12. The highest BCUT2D eigenvalue weighted by atomic mass is 32.2. The van der Waals surface area contributed by atoms with Crippen molar-refractivity contribution < 1.29 is 44.1 Å². The van der Waals surface area contributed by atoms with Gasteiger partial charge in [0.1, 0.15) is 29.9 Å². The molecule has 0 bridgehead atoms. The number of aromatic amines is 1. The minimum atomic E-state index is -1.30. The molecule has 17 heteroatoms. The fourth-order valence-electron chi connectivity index (χ4n) is 4.04. The zero-order valence-electron chi connectivity index (χ0n) is 24.8. The number of phenols is 1. The molecule has 1 aromatic heterocycles. The van der Waals surface area contributed by atoms with Crippen LogP contribution in [0.15, 0.2) is 36.8 Å². The van der Waals surface area contributed by atoms with Gasteiger partial charge in [0.05, 0.1) is 12.4 Å². The number of carboxylic acid groups (broad SMARTS) is 2. The summed E-state index contributed by atoms with van der Waals surface area (Å²) in [6, 6.07) is -0.195. The molecule has 2 rings (SSSR count). The van der Waals surface area contributed by atoms with Crippen LogP contribution in [0.1, 0.15) is 37.4 Å². The van der Waals surface area contributed by atoms with E-state index in [1.165, 1.54) is 55.5 Å². The Kier molecular flexibility index (Phi) is 14.8. The van der Waals surface area contributed by atoms with Crippen LogP contribution >= 0.6 is 11.8 Å². The maximum Gasteiger partial charge on any atom is 0.326 e. The summed E-state index contributed by atoms with van der Waals surface area (Å²) in [6.45, 7) is 1.37. The summed E-state index contributed by atoms with van der Waals surface area (Å²) >= 11 is 1.41. The normalized spacial score (nSPS) is 14.2. The number of rotatable bonds is 19. The molecule has 0 saturated carbocycles. The predicted octanol–water partition coefficient (Wildman–Crippen LogP) is -1.11. The monoisotopic (exact) mass is 649 g/mol. The summed E-state index contributed by atoms with van der Waals surface area (Å²) in [5.74, 6) is -4.98. The van der Waals surface area contributed by atoms with Crippen molar-refractivity contribution in [2.24, 2.45) is 5.73 Å². The molecule has 4 amide bonds. The van der Waals surface area contributed by atoms with Gasteiger partial charge in [-0.05, 0) is 49.5 Å². The Bertz CT molecular complexity index is 1310. The van der Waals surface area contributed by atoms with Crippen molar-refractivity contribution in [3.63, 3.8) is 0 Å². The number of hydrogen-bond acceptors (Lipinski definition) is 10. The van der Waals surface area contributed by atoms with Gasteiger partial charge in [0.2, 0.25) is 23.6 Å². The van der Waals surface area contributed by atoms with Crippen molar-refractivity contribution in [2.75, 3.05) is 12.0 Å². The van der Waals surface area contributed by atoms with Gasteiger partial charge in [-0.3, -0.25) is 24.0 Å². The lowest BCUT2D eigenvalue weighted by atomic mass is 10.0. The van der Waals surface area contributed by atoms with Crippen LogP contribution in [-0.4, -0.2) is 103 Å². The van der Waals surface area contributed by atoms with E-state index in [9.17, 15) is 39.0 Å². The molecular formula is C28H39N7O9S. The molecule has 0 aliphatic heterocycles. The lowest BCUT2D eigenvalue weighted by molar-refractivity contribution is -0.142. The zero-order chi connectivity index (χ0) is 33.5. The van der Waals surface area contributed by atoms with Crippen molar-refractivity contribution >= 4 is 47.3 Å². The predicted molar refractivity (Wildman–Crippen MR) is 163 cm³/mol. The Morgan fingerprint density at radius 2 is 1.49 bits per heavy atom. The van der Waals surface area contributed by atoms with Crippen molar-refractivity contribution in [3.8, 4) is 5.75 Å². The average molecular weight is 650 g/mol. The third kappa shape index (κ3) is 12.9. The van der Waals surface area contributed by atoms with Gasteiger partial charge in [0.15, 0.2) is 0 Å². The molecule has 1 heterocycles. The Morgan fingerprint density at radius 3 is 2.07 bits per heavy atom. The molecule has 0 saturated heterocycles.